The lowest BCUT2D eigenvalue weighted by Crippen LogP contribution is -2.04. The van der Waals surface area contributed by atoms with Crippen LogP contribution in [0.1, 0.15) is 33.1 Å². The van der Waals surface area contributed by atoms with Gasteiger partial charge in [-0.15, -0.1) is 0 Å². The van der Waals surface area contributed by atoms with E-state index in [0.29, 0.717) is 6.10 Å². The van der Waals surface area contributed by atoms with Gasteiger partial charge in [0.25, 0.3) is 0 Å². The highest BCUT2D eigenvalue weighted by molar-refractivity contribution is 5.82. The first-order valence-corrected chi connectivity index (χ1v) is 5.52. The predicted octanol–water partition coefficient (Wildman–Crippen LogP) is 3.64. The van der Waals surface area contributed by atoms with Gasteiger partial charge in [0, 0.05) is 6.42 Å². The SMILES string of the molecule is CCCC1CC(C)=NO1.c1ccccc1. The lowest BCUT2D eigenvalue weighted by molar-refractivity contribution is 0.0786. The monoisotopic (exact) mass is 205 g/mol. The average Bonchev–Trinajstić information content (AvgIpc) is 2.68. The molecule has 1 aliphatic heterocycles. The normalized spacial score (nSPS) is 18.5. The van der Waals surface area contributed by atoms with Crippen LogP contribution in [-0.4, -0.2) is 11.8 Å². The van der Waals surface area contributed by atoms with Crippen LogP contribution < -0.4 is 0 Å². The van der Waals surface area contributed by atoms with Crippen LogP contribution in [0.25, 0.3) is 0 Å². The van der Waals surface area contributed by atoms with Crippen molar-refractivity contribution in [3.8, 4) is 0 Å². The molecule has 0 aromatic heterocycles. The molecular weight excluding hydrogens is 186 g/mol. The summed E-state index contributed by atoms with van der Waals surface area (Å²) in [6.45, 7) is 4.17. The molecule has 2 nitrogen and oxygen atoms in total. The quantitative estimate of drug-likeness (QED) is 0.722. The lowest BCUT2D eigenvalue weighted by Gasteiger charge is -2.03. The minimum Gasteiger partial charge on any atom is -0.392 e. The van der Waals surface area contributed by atoms with Crippen molar-refractivity contribution in [2.24, 2.45) is 5.16 Å². The van der Waals surface area contributed by atoms with E-state index in [1.807, 2.05) is 43.3 Å². The van der Waals surface area contributed by atoms with E-state index >= 15 is 0 Å². The van der Waals surface area contributed by atoms with Crippen LogP contribution in [0, 0.1) is 0 Å². The first kappa shape index (κ1) is 11.8. The maximum atomic E-state index is 5.09. The number of oxime groups is 1. The molecule has 1 heterocycles. The van der Waals surface area contributed by atoms with Gasteiger partial charge in [-0.25, -0.2) is 0 Å². The fourth-order valence-corrected chi connectivity index (χ4v) is 1.43. The van der Waals surface area contributed by atoms with E-state index in [0.717, 1.165) is 18.6 Å². The molecule has 1 atom stereocenters. The molecule has 0 aliphatic carbocycles. The molecule has 0 saturated heterocycles. The van der Waals surface area contributed by atoms with Crippen LogP contribution in [0.4, 0.5) is 0 Å². The van der Waals surface area contributed by atoms with Gasteiger partial charge in [0.05, 0.1) is 5.71 Å². The van der Waals surface area contributed by atoms with E-state index < -0.39 is 0 Å². The van der Waals surface area contributed by atoms with Gasteiger partial charge >= 0.3 is 0 Å². The van der Waals surface area contributed by atoms with Gasteiger partial charge in [-0.2, -0.15) is 0 Å². The molecule has 0 bridgehead atoms. The zero-order valence-corrected chi connectivity index (χ0v) is 9.52. The van der Waals surface area contributed by atoms with Crippen molar-refractivity contribution in [3.05, 3.63) is 36.4 Å². The number of hydrogen-bond acceptors (Lipinski definition) is 2. The van der Waals surface area contributed by atoms with Gasteiger partial charge in [0.1, 0.15) is 6.10 Å². The maximum Gasteiger partial charge on any atom is 0.132 e. The Labute approximate surface area is 91.9 Å². The van der Waals surface area contributed by atoms with Crippen LogP contribution in [0.15, 0.2) is 41.6 Å². The summed E-state index contributed by atoms with van der Waals surface area (Å²) in [6, 6.07) is 12.0. The molecule has 0 spiro atoms. The van der Waals surface area contributed by atoms with Gasteiger partial charge in [0.2, 0.25) is 0 Å². The predicted molar refractivity (Wildman–Crippen MR) is 63.9 cm³/mol. The standard InChI is InChI=1S/C7H13NO.C6H6/c1-3-4-7-5-6(2)8-9-7;1-2-4-6-5-3-1/h7H,3-5H2,1-2H3;1-6H. The Hall–Kier alpha value is -1.31. The first-order chi connectivity index (χ1) is 7.33. The number of hydrogen-bond donors (Lipinski definition) is 0. The van der Waals surface area contributed by atoms with E-state index in [9.17, 15) is 0 Å². The van der Waals surface area contributed by atoms with Gasteiger partial charge < -0.3 is 4.84 Å². The highest BCUT2D eigenvalue weighted by atomic mass is 16.6. The van der Waals surface area contributed by atoms with Crippen LogP contribution in [0.3, 0.4) is 0 Å². The largest absolute Gasteiger partial charge is 0.392 e. The van der Waals surface area contributed by atoms with Crippen LogP contribution in [0.2, 0.25) is 0 Å². The Morgan fingerprint density at radius 1 is 1.20 bits per heavy atom. The summed E-state index contributed by atoms with van der Waals surface area (Å²) in [5, 5.41) is 3.85. The number of benzene rings is 1. The van der Waals surface area contributed by atoms with Crippen LogP contribution >= 0.6 is 0 Å². The van der Waals surface area contributed by atoms with E-state index in [4.69, 9.17) is 4.84 Å². The summed E-state index contributed by atoms with van der Waals surface area (Å²) in [7, 11) is 0. The molecule has 1 aromatic carbocycles. The van der Waals surface area contributed by atoms with Crippen molar-refractivity contribution in [1.29, 1.82) is 0 Å². The lowest BCUT2D eigenvalue weighted by atomic mass is 10.1. The fraction of sp³-hybridized carbons (Fsp3) is 0.462. The van der Waals surface area contributed by atoms with Crippen LogP contribution in [0.5, 0.6) is 0 Å². The average molecular weight is 205 g/mol. The molecular formula is C13H19NO. The summed E-state index contributed by atoms with van der Waals surface area (Å²) >= 11 is 0. The zero-order chi connectivity index (χ0) is 10.9. The van der Waals surface area contributed by atoms with Crippen LogP contribution in [-0.2, 0) is 4.84 Å². The molecule has 15 heavy (non-hydrogen) atoms. The van der Waals surface area contributed by atoms with Crippen molar-refractivity contribution in [2.45, 2.75) is 39.2 Å². The summed E-state index contributed by atoms with van der Waals surface area (Å²) < 4.78 is 0. The number of rotatable bonds is 2. The summed E-state index contributed by atoms with van der Waals surface area (Å²) in [5.74, 6) is 0. The smallest absolute Gasteiger partial charge is 0.132 e. The minimum atomic E-state index is 0.384. The Morgan fingerprint density at radius 3 is 2.07 bits per heavy atom. The Bertz CT molecular complexity index is 255. The van der Waals surface area contributed by atoms with Gasteiger partial charge in [0.15, 0.2) is 0 Å². The van der Waals surface area contributed by atoms with Crippen molar-refractivity contribution in [3.63, 3.8) is 0 Å². The van der Waals surface area contributed by atoms with Gasteiger partial charge in [-0.05, 0) is 13.3 Å². The minimum absolute atomic E-state index is 0.384. The van der Waals surface area contributed by atoms with Crippen molar-refractivity contribution < 1.29 is 4.84 Å². The van der Waals surface area contributed by atoms with E-state index in [2.05, 4.69) is 12.1 Å². The molecule has 0 radical (unpaired) electrons. The molecule has 0 N–H and O–H groups in total. The highest BCUT2D eigenvalue weighted by Crippen LogP contribution is 2.14. The second kappa shape index (κ2) is 7.04. The third-order valence-corrected chi connectivity index (χ3v) is 2.16. The molecule has 82 valence electrons. The molecule has 1 aromatic rings. The topological polar surface area (TPSA) is 21.6 Å². The van der Waals surface area contributed by atoms with E-state index in [1.165, 1.54) is 6.42 Å². The second-order valence-corrected chi connectivity index (χ2v) is 3.70. The van der Waals surface area contributed by atoms with Gasteiger partial charge in [-0.1, -0.05) is 54.9 Å². The molecule has 1 aliphatic rings. The van der Waals surface area contributed by atoms with E-state index in [1.54, 1.807) is 0 Å². The summed E-state index contributed by atoms with van der Waals surface area (Å²) in [6.07, 6.45) is 3.75. The van der Waals surface area contributed by atoms with Crippen molar-refractivity contribution in [1.82, 2.24) is 0 Å². The number of nitrogens with zero attached hydrogens (tertiary/aromatic N) is 1. The first-order valence-electron chi connectivity index (χ1n) is 5.52. The zero-order valence-electron chi connectivity index (χ0n) is 9.52. The molecule has 2 heteroatoms. The van der Waals surface area contributed by atoms with E-state index in [-0.39, 0.29) is 0 Å². The fourth-order valence-electron chi connectivity index (χ4n) is 1.43. The second-order valence-electron chi connectivity index (χ2n) is 3.70. The van der Waals surface area contributed by atoms with Crippen molar-refractivity contribution >= 4 is 5.71 Å². The molecule has 0 amide bonds. The van der Waals surface area contributed by atoms with Crippen molar-refractivity contribution in [2.75, 3.05) is 0 Å². The molecule has 2 rings (SSSR count). The Balaban J connectivity index is 0.000000162. The third-order valence-electron chi connectivity index (χ3n) is 2.16. The summed E-state index contributed by atoms with van der Waals surface area (Å²) in [5.41, 5.74) is 1.13. The third kappa shape index (κ3) is 5.21. The molecule has 0 saturated carbocycles. The van der Waals surface area contributed by atoms with Gasteiger partial charge in [-0.3, -0.25) is 0 Å². The molecule has 0 fully saturated rings. The Kier molecular flexibility index (Phi) is 5.52. The maximum absolute atomic E-state index is 5.09. The Morgan fingerprint density at radius 2 is 1.73 bits per heavy atom. The molecule has 1 unspecified atom stereocenters. The summed E-state index contributed by atoms with van der Waals surface area (Å²) in [4.78, 5) is 5.09. The highest BCUT2D eigenvalue weighted by Gasteiger charge is 2.15.